The Labute approximate surface area is 114 Å². The van der Waals surface area contributed by atoms with Crippen LogP contribution < -0.4 is 5.32 Å². The van der Waals surface area contributed by atoms with Gasteiger partial charge in [-0.1, -0.05) is 0 Å². The fourth-order valence-electron chi connectivity index (χ4n) is 1.64. The maximum absolute atomic E-state index is 11.8. The number of carbonyl (C=O) groups is 3. The van der Waals surface area contributed by atoms with Crippen molar-refractivity contribution in [2.75, 3.05) is 13.1 Å². The molecule has 0 radical (unpaired) electrons. The van der Waals surface area contributed by atoms with Crippen molar-refractivity contribution in [3.8, 4) is 0 Å². The molecular weight excluding hydrogens is 248 g/mol. The standard InChI is InChI=1S/C13H24N2O4/c1-4-15(9-8-13(18)19)12(17)7-5-6-11(16)14-10(2)3/h10H,4-9H2,1-3H3,(H,14,16)(H,18,19). The zero-order valence-electron chi connectivity index (χ0n) is 11.9. The number of hydrogen-bond donors (Lipinski definition) is 2. The molecule has 0 saturated heterocycles. The summed E-state index contributed by atoms with van der Waals surface area (Å²) in [5.74, 6) is -1.07. The highest BCUT2D eigenvalue weighted by molar-refractivity contribution is 5.79. The van der Waals surface area contributed by atoms with Crippen LogP contribution in [0.25, 0.3) is 0 Å². The monoisotopic (exact) mass is 272 g/mol. The summed E-state index contributed by atoms with van der Waals surface area (Å²) in [5.41, 5.74) is 0. The van der Waals surface area contributed by atoms with E-state index in [9.17, 15) is 14.4 Å². The Morgan fingerprint density at radius 1 is 1.16 bits per heavy atom. The maximum atomic E-state index is 11.8. The predicted octanol–water partition coefficient (Wildman–Crippen LogP) is 1.00. The molecule has 0 aliphatic rings. The molecule has 0 aliphatic carbocycles. The van der Waals surface area contributed by atoms with E-state index in [1.54, 1.807) is 0 Å². The van der Waals surface area contributed by atoms with Crippen LogP contribution in [-0.2, 0) is 14.4 Å². The van der Waals surface area contributed by atoms with Crippen LogP contribution in [0.2, 0.25) is 0 Å². The van der Waals surface area contributed by atoms with E-state index in [1.165, 1.54) is 4.90 Å². The molecule has 6 heteroatoms. The molecule has 0 aromatic carbocycles. The first-order valence-corrected chi connectivity index (χ1v) is 6.65. The average Bonchev–Trinajstić information content (AvgIpc) is 2.28. The lowest BCUT2D eigenvalue weighted by atomic mass is 10.2. The van der Waals surface area contributed by atoms with Crippen molar-refractivity contribution in [1.82, 2.24) is 10.2 Å². The lowest BCUT2D eigenvalue weighted by Crippen LogP contribution is -2.33. The van der Waals surface area contributed by atoms with Crippen molar-refractivity contribution >= 4 is 17.8 Å². The van der Waals surface area contributed by atoms with Crippen molar-refractivity contribution in [3.63, 3.8) is 0 Å². The molecule has 0 unspecified atom stereocenters. The van der Waals surface area contributed by atoms with Gasteiger partial charge >= 0.3 is 5.97 Å². The van der Waals surface area contributed by atoms with Gasteiger partial charge in [-0.05, 0) is 27.2 Å². The highest BCUT2D eigenvalue weighted by Crippen LogP contribution is 2.02. The Bertz CT molecular complexity index is 316. The summed E-state index contributed by atoms with van der Waals surface area (Å²) in [7, 11) is 0. The molecule has 19 heavy (non-hydrogen) atoms. The summed E-state index contributed by atoms with van der Waals surface area (Å²) in [6.45, 7) is 6.29. The molecule has 0 fully saturated rings. The number of carboxylic acid groups (broad SMARTS) is 1. The van der Waals surface area contributed by atoms with Gasteiger partial charge in [0.25, 0.3) is 0 Å². The second-order valence-corrected chi connectivity index (χ2v) is 4.69. The van der Waals surface area contributed by atoms with E-state index < -0.39 is 5.97 Å². The first-order valence-electron chi connectivity index (χ1n) is 6.65. The van der Waals surface area contributed by atoms with Gasteiger partial charge in [0.15, 0.2) is 0 Å². The molecule has 0 spiro atoms. The van der Waals surface area contributed by atoms with Crippen LogP contribution in [-0.4, -0.2) is 46.9 Å². The van der Waals surface area contributed by atoms with Crippen LogP contribution in [0.5, 0.6) is 0 Å². The zero-order chi connectivity index (χ0) is 14.8. The summed E-state index contributed by atoms with van der Waals surface area (Å²) < 4.78 is 0. The van der Waals surface area contributed by atoms with Gasteiger partial charge in [0.2, 0.25) is 11.8 Å². The minimum Gasteiger partial charge on any atom is -0.481 e. The minimum absolute atomic E-state index is 0.0482. The van der Waals surface area contributed by atoms with Gasteiger partial charge in [0.1, 0.15) is 0 Å². The number of amides is 2. The SMILES string of the molecule is CCN(CCC(=O)O)C(=O)CCCC(=O)NC(C)C. The van der Waals surface area contributed by atoms with Gasteiger partial charge in [-0.15, -0.1) is 0 Å². The summed E-state index contributed by atoms with van der Waals surface area (Å²) in [6, 6.07) is 0.103. The van der Waals surface area contributed by atoms with Gasteiger partial charge < -0.3 is 15.3 Å². The predicted molar refractivity (Wildman–Crippen MR) is 71.6 cm³/mol. The third kappa shape index (κ3) is 9.04. The quantitative estimate of drug-likeness (QED) is 0.655. The number of carboxylic acids is 1. The van der Waals surface area contributed by atoms with Gasteiger partial charge in [-0.2, -0.15) is 0 Å². The number of aliphatic carboxylic acids is 1. The van der Waals surface area contributed by atoms with Gasteiger partial charge in [-0.3, -0.25) is 14.4 Å². The van der Waals surface area contributed by atoms with E-state index in [4.69, 9.17) is 5.11 Å². The fraction of sp³-hybridized carbons (Fsp3) is 0.769. The van der Waals surface area contributed by atoms with Crippen LogP contribution in [0.3, 0.4) is 0 Å². The molecule has 0 aromatic rings. The van der Waals surface area contributed by atoms with E-state index in [1.807, 2.05) is 20.8 Å². The normalized spacial score (nSPS) is 10.3. The molecule has 0 atom stereocenters. The summed E-state index contributed by atoms with van der Waals surface area (Å²) in [4.78, 5) is 35.1. The highest BCUT2D eigenvalue weighted by Gasteiger charge is 2.13. The number of hydrogen-bond acceptors (Lipinski definition) is 3. The lowest BCUT2D eigenvalue weighted by Gasteiger charge is -2.19. The molecular formula is C13H24N2O4. The van der Waals surface area contributed by atoms with E-state index in [0.29, 0.717) is 19.4 Å². The van der Waals surface area contributed by atoms with E-state index in [0.717, 1.165) is 0 Å². The summed E-state index contributed by atoms with van der Waals surface area (Å²) >= 11 is 0. The molecule has 2 N–H and O–H groups in total. The van der Waals surface area contributed by atoms with Crippen LogP contribution in [0.15, 0.2) is 0 Å². The second-order valence-electron chi connectivity index (χ2n) is 4.69. The van der Waals surface area contributed by atoms with Crippen molar-refractivity contribution < 1.29 is 19.5 Å². The van der Waals surface area contributed by atoms with Crippen LogP contribution >= 0.6 is 0 Å². The van der Waals surface area contributed by atoms with Crippen molar-refractivity contribution in [1.29, 1.82) is 0 Å². The first kappa shape index (κ1) is 17.4. The topological polar surface area (TPSA) is 86.7 Å². The Morgan fingerprint density at radius 2 is 1.79 bits per heavy atom. The minimum atomic E-state index is -0.914. The average molecular weight is 272 g/mol. The molecule has 110 valence electrons. The van der Waals surface area contributed by atoms with Crippen molar-refractivity contribution in [2.45, 2.75) is 52.5 Å². The summed E-state index contributed by atoms with van der Waals surface area (Å²) in [5, 5.41) is 11.3. The third-order valence-corrected chi connectivity index (χ3v) is 2.57. The molecule has 0 heterocycles. The fourth-order valence-corrected chi connectivity index (χ4v) is 1.64. The molecule has 0 aliphatic heterocycles. The number of nitrogens with zero attached hydrogens (tertiary/aromatic N) is 1. The molecule has 0 saturated carbocycles. The van der Waals surface area contributed by atoms with Crippen LogP contribution in [0.1, 0.15) is 46.5 Å². The van der Waals surface area contributed by atoms with Crippen molar-refractivity contribution in [3.05, 3.63) is 0 Å². The number of carbonyl (C=O) groups excluding carboxylic acids is 2. The lowest BCUT2D eigenvalue weighted by molar-refractivity contribution is -0.138. The van der Waals surface area contributed by atoms with Crippen LogP contribution in [0, 0.1) is 0 Å². The largest absolute Gasteiger partial charge is 0.481 e. The summed E-state index contributed by atoms with van der Waals surface area (Å²) in [6.07, 6.45) is 1.04. The zero-order valence-corrected chi connectivity index (χ0v) is 11.9. The van der Waals surface area contributed by atoms with E-state index >= 15 is 0 Å². The second kappa shape index (κ2) is 9.35. The smallest absolute Gasteiger partial charge is 0.305 e. The first-order chi connectivity index (χ1) is 8.86. The molecule has 0 rings (SSSR count). The molecule has 0 aromatic heterocycles. The Morgan fingerprint density at radius 3 is 2.26 bits per heavy atom. The third-order valence-electron chi connectivity index (χ3n) is 2.57. The molecule has 2 amide bonds. The van der Waals surface area contributed by atoms with E-state index in [2.05, 4.69) is 5.32 Å². The Hall–Kier alpha value is -1.59. The van der Waals surface area contributed by atoms with E-state index in [-0.39, 0.29) is 37.2 Å². The number of nitrogens with one attached hydrogen (secondary N) is 1. The molecule has 6 nitrogen and oxygen atoms in total. The Kier molecular flexibility index (Phi) is 8.57. The van der Waals surface area contributed by atoms with Gasteiger partial charge in [0.05, 0.1) is 6.42 Å². The van der Waals surface area contributed by atoms with Crippen LogP contribution in [0.4, 0.5) is 0 Å². The van der Waals surface area contributed by atoms with Gasteiger partial charge in [0, 0.05) is 32.0 Å². The van der Waals surface area contributed by atoms with Gasteiger partial charge in [-0.25, -0.2) is 0 Å². The number of rotatable bonds is 9. The maximum Gasteiger partial charge on any atom is 0.305 e. The Balaban J connectivity index is 3.93. The molecule has 0 bridgehead atoms. The van der Waals surface area contributed by atoms with Crippen molar-refractivity contribution in [2.24, 2.45) is 0 Å². The highest BCUT2D eigenvalue weighted by atomic mass is 16.4.